The molecule has 0 saturated carbocycles. The number of hydrogen-bond acceptors (Lipinski definition) is 3. The van der Waals surface area contributed by atoms with Gasteiger partial charge in [-0.2, -0.15) is 0 Å². The topological polar surface area (TPSA) is 62.2 Å². The van der Waals surface area contributed by atoms with Crippen LogP contribution in [0.5, 0.6) is 0 Å². The molecule has 21 heavy (non-hydrogen) atoms. The summed E-state index contributed by atoms with van der Waals surface area (Å²) in [6.07, 6.45) is 2.69. The average molecular weight is 390 g/mol. The van der Waals surface area contributed by atoms with Crippen molar-refractivity contribution in [3.05, 3.63) is 62.3 Å². The second kappa shape index (κ2) is 7.22. The summed E-state index contributed by atoms with van der Waals surface area (Å²) in [5.74, 6) is -0.464. The number of halogens is 3. The SMILES string of the molecule is O=C(NC(CO)c1ccc(Br)cc1)c1c(Cl)cncc1Cl. The number of nitrogens with one attached hydrogen (secondary N) is 1. The summed E-state index contributed by atoms with van der Waals surface area (Å²) in [6.45, 7) is -0.242. The fourth-order valence-corrected chi connectivity index (χ4v) is 2.59. The molecule has 2 N–H and O–H groups in total. The first-order valence-corrected chi connectivity index (χ1v) is 7.54. The van der Waals surface area contributed by atoms with Crippen LogP contribution in [-0.4, -0.2) is 22.6 Å². The van der Waals surface area contributed by atoms with Gasteiger partial charge in [-0.3, -0.25) is 9.78 Å². The highest BCUT2D eigenvalue weighted by atomic mass is 79.9. The Labute approximate surface area is 140 Å². The zero-order chi connectivity index (χ0) is 15.4. The standard InChI is InChI=1S/C14H11BrCl2N2O2/c15-9-3-1-8(2-4-9)12(7-20)19-14(21)13-10(16)5-18-6-11(13)17/h1-6,12,20H,7H2,(H,19,21). The molecule has 2 aromatic rings. The van der Waals surface area contributed by atoms with Gasteiger partial charge in [-0.1, -0.05) is 51.3 Å². The minimum absolute atomic E-state index is 0.142. The van der Waals surface area contributed by atoms with E-state index >= 15 is 0 Å². The lowest BCUT2D eigenvalue weighted by molar-refractivity contribution is 0.0916. The maximum atomic E-state index is 12.3. The first-order chi connectivity index (χ1) is 10.0. The van der Waals surface area contributed by atoms with Crippen LogP contribution in [0.1, 0.15) is 22.0 Å². The van der Waals surface area contributed by atoms with Crippen LogP contribution in [0.2, 0.25) is 10.0 Å². The minimum Gasteiger partial charge on any atom is -0.394 e. The molecule has 1 aromatic heterocycles. The molecular formula is C14H11BrCl2N2O2. The molecule has 7 heteroatoms. The summed E-state index contributed by atoms with van der Waals surface area (Å²) in [6, 6.07) is 6.72. The summed E-state index contributed by atoms with van der Waals surface area (Å²) in [5.41, 5.74) is 0.916. The van der Waals surface area contributed by atoms with Crippen molar-refractivity contribution in [3.63, 3.8) is 0 Å². The van der Waals surface area contributed by atoms with Gasteiger partial charge in [0, 0.05) is 16.9 Å². The Morgan fingerprint density at radius 1 is 1.24 bits per heavy atom. The third-order valence-electron chi connectivity index (χ3n) is 2.84. The number of aliphatic hydroxyl groups is 1. The van der Waals surface area contributed by atoms with Crippen molar-refractivity contribution in [1.29, 1.82) is 0 Å². The number of nitrogens with zero attached hydrogens (tertiary/aromatic N) is 1. The van der Waals surface area contributed by atoms with E-state index in [4.69, 9.17) is 23.2 Å². The van der Waals surface area contributed by atoms with Crippen molar-refractivity contribution in [1.82, 2.24) is 10.3 Å². The van der Waals surface area contributed by atoms with E-state index in [1.165, 1.54) is 12.4 Å². The molecule has 0 saturated heterocycles. The van der Waals surface area contributed by atoms with Crippen LogP contribution in [-0.2, 0) is 0 Å². The predicted octanol–water partition coefficient (Wildman–Crippen LogP) is 3.61. The average Bonchev–Trinajstić information content (AvgIpc) is 2.45. The van der Waals surface area contributed by atoms with Gasteiger partial charge in [0.05, 0.1) is 28.3 Å². The predicted molar refractivity (Wildman–Crippen MR) is 85.7 cm³/mol. The van der Waals surface area contributed by atoms with Crippen molar-refractivity contribution in [2.75, 3.05) is 6.61 Å². The van der Waals surface area contributed by atoms with E-state index in [9.17, 15) is 9.90 Å². The molecule has 0 radical (unpaired) electrons. The molecular weight excluding hydrogens is 379 g/mol. The van der Waals surface area contributed by atoms with E-state index in [-0.39, 0.29) is 22.2 Å². The van der Waals surface area contributed by atoms with Gasteiger partial charge < -0.3 is 10.4 Å². The maximum absolute atomic E-state index is 12.3. The smallest absolute Gasteiger partial charge is 0.254 e. The zero-order valence-electron chi connectivity index (χ0n) is 10.7. The van der Waals surface area contributed by atoms with Crippen LogP contribution in [0.15, 0.2) is 41.1 Å². The first kappa shape index (κ1) is 16.2. The van der Waals surface area contributed by atoms with E-state index in [0.29, 0.717) is 0 Å². The number of amides is 1. The number of benzene rings is 1. The van der Waals surface area contributed by atoms with Crippen LogP contribution < -0.4 is 5.32 Å². The second-order valence-corrected chi connectivity index (χ2v) is 5.97. The number of aromatic nitrogens is 1. The quantitative estimate of drug-likeness (QED) is 0.839. The van der Waals surface area contributed by atoms with Crippen LogP contribution >= 0.6 is 39.1 Å². The molecule has 0 bridgehead atoms. The van der Waals surface area contributed by atoms with E-state index in [1.807, 2.05) is 12.1 Å². The fraction of sp³-hybridized carbons (Fsp3) is 0.143. The summed E-state index contributed by atoms with van der Waals surface area (Å²) in [7, 11) is 0. The molecule has 1 amide bonds. The highest BCUT2D eigenvalue weighted by Gasteiger charge is 2.19. The Kier molecular flexibility index (Phi) is 5.58. The van der Waals surface area contributed by atoms with Crippen molar-refractivity contribution in [3.8, 4) is 0 Å². The number of pyridine rings is 1. The Morgan fingerprint density at radius 2 is 1.81 bits per heavy atom. The highest BCUT2D eigenvalue weighted by Crippen LogP contribution is 2.24. The summed E-state index contributed by atoms with van der Waals surface area (Å²) < 4.78 is 0.912. The van der Waals surface area contributed by atoms with Gasteiger partial charge in [-0.15, -0.1) is 0 Å². The van der Waals surface area contributed by atoms with Gasteiger partial charge in [0.25, 0.3) is 5.91 Å². The number of hydrogen-bond donors (Lipinski definition) is 2. The normalized spacial score (nSPS) is 12.0. The molecule has 110 valence electrons. The van der Waals surface area contributed by atoms with Crippen LogP contribution in [0.25, 0.3) is 0 Å². The van der Waals surface area contributed by atoms with E-state index in [2.05, 4.69) is 26.2 Å². The third kappa shape index (κ3) is 3.95. The second-order valence-electron chi connectivity index (χ2n) is 4.24. The van der Waals surface area contributed by atoms with Crippen molar-refractivity contribution in [2.45, 2.75) is 6.04 Å². The molecule has 1 aromatic carbocycles. The lowest BCUT2D eigenvalue weighted by atomic mass is 10.1. The summed E-state index contributed by atoms with van der Waals surface area (Å²) in [5, 5.41) is 12.5. The largest absolute Gasteiger partial charge is 0.394 e. The number of carbonyl (C=O) groups is 1. The van der Waals surface area contributed by atoms with E-state index < -0.39 is 11.9 Å². The van der Waals surface area contributed by atoms with Gasteiger partial charge >= 0.3 is 0 Å². The molecule has 0 aliphatic heterocycles. The Balaban J connectivity index is 2.22. The first-order valence-electron chi connectivity index (χ1n) is 5.99. The van der Waals surface area contributed by atoms with Gasteiger partial charge in [0.1, 0.15) is 0 Å². The van der Waals surface area contributed by atoms with Gasteiger partial charge in [-0.05, 0) is 17.7 Å². The molecule has 1 heterocycles. The lowest BCUT2D eigenvalue weighted by Gasteiger charge is -2.17. The van der Waals surface area contributed by atoms with Gasteiger partial charge in [0.15, 0.2) is 0 Å². The van der Waals surface area contributed by atoms with Crippen molar-refractivity contribution >= 4 is 45.0 Å². The van der Waals surface area contributed by atoms with Crippen LogP contribution in [0, 0.1) is 0 Å². The minimum atomic E-state index is -0.550. The Bertz CT molecular complexity index is 630. The molecule has 1 atom stereocenters. The van der Waals surface area contributed by atoms with E-state index in [1.54, 1.807) is 12.1 Å². The molecule has 2 rings (SSSR count). The number of carbonyl (C=O) groups excluding carboxylic acids is 1. The summed E-state index contributed by atoms with van der Waals surface area (Å²) >= 11 is 15.2. The third-order valence-corrected chi connectivity index (χ3v) is 3.94. The number of aliphatic hydroxyl groups excluding tert-OH is 1. The van der Waals surface area contributed by atoms with Crippen LogP contribution in [0.3, 0.4) is 0 Å². The fourth-order valence-electron chi connectivity index (χ4n) is 1.79. The molecule has 1 unspecified atom stereocenters. The maximum Gasteiger partial charge on any atom is 0.254 e. The van der Waals surface area contributed by atoms with Gasteiger partial charge in [-0.25, -0.2) is 0 Å². The monoisotopic (exact) mass is 388 g/mol. The molecule has 4 nitrogen and oxygen atoms in total. The molecule has 0 spiro atoms. The molecule has 0 aliphatic carbocycles. The Morgan fingerprint density at radius 3 is 2.33 bits per heavy atom. The molecule has 0 fully saturated rings. The van der Waals surface area contributed by atoms with Gasteiger partial charge in [0.2, 0.25) is 0 Å². The lowest BCUT2D eigenvalue weighted by Crippen LogP contribution is -2.31. The van der Waals surface area contributed by atoms with Crippen LogP contribution in [0.4, 0.5) is 0 Å². The Hall–Kier alpha value is -1.14. The highest BCUT2D eigenvalue weighted by molar-refractivity contribution is 9.10. The van der Waals surface area contributed by atoms with Crippen molar-refractivity contribution in [2.24, 2.45) is 0 Å². The summed E-state index contributed by atoms with van der Waals surface area (Å²) in [4.78, 5) is 16.1. The molecule has 0 aliphatic rings. The zero-order valence-corrected chi connectivity index (χ0v) is 13.8. The van der Waals surface area contributed by atoms with Crippen molar-refractivity contribution < 1.29 is 9.90 Å². The number of rotatable bonds is 4. The van der Waals surface area contributed by atoms with E-state index in [0.717, 1.165) is 10.0 Å².